The number of amides is 1. The van der Waals surface area contributed by atoms with E-state index in [1.165, 1.54) is 17.0 Å². The largest absolute Gasteiger partial charge is 0.494 e. The fourth-order valence-corrected chi connectivity index (χ4v) is 3.05. The van der Waals surface area contributed by atoms with Crippen molar-refractivity contribution in [2.24, 2.45) is 0 Å². The number of morpholine rings is 1. The molecule has 0 bridgehead atoms. The zero-order valence-electron chi connectivity index (χ0n) is 15.9. The van der Waals surface area contributed by atoms with Crippen LogP contribution in [0.4, 0.5) is 13.2 Å². The number of carbonyl (C=O) groups is 1. The van der Waals surface area contributed by atoms with Crippen molar-refractivity contribution in [2.45, 2.75) is 45.1 Å². The quantitative estimate of drug-likeness (QED) is 0.735. The number of nitrogens with zero attached hydrogens (tertiary/aromatic N) is 1. The van der Waals surface area contributed by atoms with Crippen LogP contribution in [0.2, 0.25) is 0 Å². The Kier molecular flexibility index (Phi) is 5.07. The summed E-state index contributed by atoms with van der Waals surface area (Å²) < 4.78 is 57.8. The minimum atomic E-state index is -4.67. The normalized spacial score (nSPS) is 22.2. The summed E-state index contributed by atoms with van der Waals surface area (Å²) in [6, 6.07) is 3.63. The number of hydrogen-bond donors (Lipinski definition) is 0. The van der Waals surface area contributed by atoms with E-state index in [4.69, 9.17) is 14.0 Å². The van der Waals surface area contributed by atoms with Crippen molar-refractivity contribution in [2.75, 3.05) is 26.3 Å². The van der Waals surface area contributed by atoms with Crippen LogP contribution < -0.4 is 5.46 Å². The summed E-state index contributed by atoms with van der Waals surface area (Å²) in [5.74, 6) is -0.647. The Morgan fingerprint density at radius 3 is 2.15 bits per heavy atom. The predicted octanol–water partition coefficient (Wildman–Crippen LogP) is 2.48. The molecule has 2 fully saturated rings. The first-order chi connectivity index (χ1) is 12.4. The summed E-state index contributed by atoms with van der Waals surface area (Å²) in [6.07, 6.45) is -4.67. The van der Waals surface area contributed by atoms with Crippen LogP contribution in [0.15, 0.2) is 18.2 Å². The van der Waals surface area contributed by atoms with Gasteiger partial charge in [0.2, 0.25) is 0 Å². The van der Waals surface area contributed by atoms with Gasteiger partial charge in [0, 0.05) is 13.1 Å². The number of benzene rings is 1. The maximum atomic E-state index is 13.7. The molecule has 2 aliphatic rings. The Balaban J connectivity index is 1.95. The lowest BCUT2D eigenvalue weighted by atomic mass is 9.77. The summed E-state index contributed by atoms with van der Waals surface area (Å²) in [4.78, 5) is 14.0. The molecule has 5 nitrogen and oxygen atoms in total. The van der Waals surface area contributed by atoms with Crippen LogP contribution in [0.1, 0.15) is 43.6 Å². The zero-order valence-corrected chi connectivity index (χ0v) is 15.9. The minimum Gasteiger partial charge on any atom is -0.399 e. The van der Waals surface area contributed by atoms with Gasteiger partial charge in [0.25, 0.3) is 5.91 Å². The molecule has 9 heteroatoms. The first kappa shape index (κ1) is 20.2. The second kappa shape index (κ2) is 6.79. The Labute approximate surface area is 156 Å². The van der Waals surface area contributed by atoms with E-state index in [2.05, 4.69) is 0 Å². The lowest BCUT2D eigenvalue weighted by Gasteiger charge is -2.32. The molecule has 1 amide bonds. The van der Waals surface area contributed by atoms with E-state index in [9.17, 15) is 18.0 Å². The van der Waals surface area contributed by atoms with Gasteiger partial charge in [-0.05, 0) is 45.3 Å². The average molecular weight is 385 g/mol. The van der Waals surface area contributed by atoms with Crippen LogP contribution >= 0.6 is 0 Å². The third-order valence-corrected chi connectivity index (χ3v) is 5.40. The Morgan fingerprint density at radius 1 is 1.07 bits per heavy atom. The maximum Gasteiger partial charge on any atom is 0.494 e. The second-order valence-electron chi connectivity index (χ2n) is 7.80. The minimum absolute atomic E-state index is 0.236. The van der Waals surface area contributed by atoms with Crippen molar-refractivity contribution in [3.8, 4) is 0 Å². The van der Waals surface area contributed by atoms with E-state index in [0.717, 1.165) is 6.07 Å². The molecule has 27 heavy (non-hydrogen) atoms. The summed E-state index contributed by atoms with van der Waals surface area (Å²) >= 11 is 0. The van der Waals surface area contributed by atoms with Crippen LogP contribution in [-0.2, 0) is 20.2 Å². The average Bonchev–Trinajstić information content (AvgIpc) is 2.81. The van der Waals surface area contributed by atoms with Crippen LogP contribution in [0.3, 0.4) is 0 Å². The summed E-state index contributed by atoms with van der Waals surface area (Å²) in [5.41, 5.74) is -2.45. The summed E-state index contributed by atoms with van der Waals surface area (Å²) in [6.45, 7) is 8.49. The molecule has 2 aliphatic heterocycles. The molecule has 0 radical (unpaired) electrons. The number of ether oxygens (including phenoxy) is 1. The van der Waals surface area contributed by atoms with Crippen molar-refractivity contribution in [1.82, 2.24) is 4.90 Å². The van der Waals surface area contributed by atoms with Crippen molar-refractivity contribution < 1.29 is 32.0 Å². The zero-order chi connectivity index (χ0) is 20.0. The van der Waals surface area contributed by atoms with Gasteiger partial charge in [0.1, 0.15) is 0 Å². The molecule has 0 spiro atoms. The van der Waals surface area contributed by atoms with Gasteiger partial charge >= 0.3 is 13.3 Å². The van der Waals surface area contributed by atoms with Crippen LogP contribution in [-0.4, -0.2) is 55.4 Å². The van der Waals surface area contributed by atoms with Gasteiger partial charge in [0.15, 0.2) is 0 Å². The summed E-state index contributed by atoms with van der Waals surface area (Å²) in [5, 5.41) is 0. The molecule has 148 valence electrons. The predicted molar refractivity (Wildman–Crippen MR) is 93.9 cm³/mol. The van der Waals surface area contributed by atoms with Crippen molar-refractivity contribution in [1.29, 1.82) is 0 Å². The fraction of sp³-hybridized carbons (Fsp3) is 0.611. The van der Waals surface area contributed by atoms with Gasteiger partial charge in [0.05, 0.1) is 35.5 Å². The Hall–Kier alpha value is -1.58. The van der Waals surface area contributed by atoms with Crippen LogP contribution in [0, 0.1) is 0 Å². The number of hydrogen-bond acceptors (Lipinski definition) is 4. The van der Waals surface area contributed by atoms with Crippen molar-refractivity contribution in [3.63, 3.8) is 0 Å². The number of alkyl halides is 3. The van der Waals surface area contributed by atoms with Crippen LogP contribution in [0.5, 0.6) is 0 Å². The van der Waals surface area contributed by atoms with Crippen molar-refractivity contribution in [3.05, 3.63) is 29.3 Å². The molecular formula is C18H23BF3NO4. The highest BCUT2D eigenvalue weighted by Crippen LogP contribution is 2.37. The smallest absolute Gasteiger partial charge is 0.399 e. The maximum absolute atomic E-state index is 13.7. The number of rotatable bonds is 2. The molecule has 0 unspecified atom stereocenters. The monoisotopic (exact) mass is 385 g/mol. The SMILES string of the molecule is CC1(C)OB(c2ccc(C(=O)N3CCOCC3)c(C(F)(F)F)c2)OC1(C)C. The van der Waals surface area contributed by atoms with E-state index in [0.29, 0.717) is 13.2 Å². The topological polar surface area (TPSA) is 48.0 Å². The Bertz CT molecular complexity index is 714. The molecule has 0 aliphatic carbocycles. The molecule has 1 aromatic rings. The molecule has 0 aromatic heterocycles. The first-order valence-corrected chi connectivity index (χ1v) is 8.86. The van der Waals surface area contributed by atoms with Gasteiger partial charge in [-0.25, -0.2) is 0 Å². The highest BCUT2D eigenvalue weighted by atomic mass is 19.4. The third-order valence-electron chi connectivity index (χ3n) is 5.40. The van der Waals surface area contributed by atoms with Crippen molar-refractivity contribution >= 4 is 18.5 Å². The molecule has 2 heterocycles. The lowest BCUT2D eigenvalue weighted by Crippen LogP contribution is -2.42. The number of carbonyl (C=O) groups excluding carboxylic acids is 1. The first-order valence-electron chi connectivity index (χ1n) is 8.86. The molecule has 0 N–H and O–H groups in total. The molecule has 0 saturated carbocycles. The standard InChI is InChI=1S/C18H23BF3NO4/c1-16(2)17(3,4)27-19(26-16)12-5-6-13(14(11-12)18(20,21)22)15(24)23-7-9-25-10-8-23/h5-6,11H,7-10H2,1-4H3. The fourth-order valence-electron chi connectivity index (χ4n) is 3.05. The molecular weight excluding hydrogens is 362 g/mol. The molecule has 0 atom stereocenters. The van der Waals surface area contributed by atoms with E-state index in [1.807, 2.05) is 27.7 Å². The van der Waals surface area contributed by atoms with E-state index < -0.39 is 36.0 Å². The summed E-state index contributed by atoms with van der Waals surface area (Å²) in [7, 11) is -0.927. The second-order valence-corrected chi connectivity index (χ2v) is 7.80. The third kappa shape index (κ3) is 3.86. The van der Waals surface area contributed by atoms with E-state index in [1.54, 1.807) is 0 Å². The highest BCUT2D eigenvalue weighted by Gasteiger charge is 2.52. The van der Waals surface area contributed by atoms with Gasteiger partial charge in [-0.2, -0.15) is 13.2 Å². The van der Waals surface area contributed by atoms with Crippen LogP contribution in [0.25, 0.3) is 0 Å². The number of halogens is 3. The van der Waals surface area contributed by atoms with E-state index in [-0.39, 0.29) is 24.1 Å². The Morgan fingerprint density at radius 2 is 1.63 bits per heavy atom. The molecule has 1 aromatic carbocycles. The lowest BCUT2D eigenvalue weighted by molar-refractivity contribution is -0.138. The van der Waals surface area contributed by atoms with Gasteiger partial charge in [-0.1, -0.05) is 6.07 Å². The van der Waals surface area contributed by atoms with Gasteiger partial charge < -0.3 is 18.9 Å². The molecule has 2 saturated heterocycles. The highest BCUT2D eigenvalue weighted by molar-refractivity contribution is 6.62. The van der Waals surface area contributed by atoms with Gasteiger partial charge in [-0.3, -0.25) is 4.79 Å². The van der Waals surface area contributed by atoms with E-state index >= 15 is 0 Å². The molecule has 3 rings (SSSR count). The van der Waals surface area contributed by atoms with Gasteiger partial charge in [-0.15, -0.1) is 0 Å².